The lowest BCUT2D eigenvalue weighted by Crippen LogP contribution is -2.16. The predicted molar refractivity (Wildman–Crippen MR) is 71.1 cm³/mol. The molecule has 1 aromatic carbocycles. The van der Waals surface area contributed by atoms with E-state index in [9.17, 15) is 9.59 Å². The number of carboxylic acid groups (broad SMARTS) is 1. The number of carbonyl (C=O) groups is 1. The van der Waals surface area contributed by atoms with E-state index in [-0.39, 0.29) is 17.9 Å². The summed E-state index contributed by atoms with van der Waals surface area (Å²) in [6.45, 7) is 0. The van der Waals surface area contributed by atoms with Gasteiger partial charge in [0.2, 0.25) is 0 Å². The Morgan fingerprint density at radius 3 is 2.68 bits per heavy atom. The first-order chi connectivity index (χ1) is 8.95. The highest BCUT2D eigenvalue weighted by Gasteiger charge is 2.10. The average molecular weight is 299 g/mol. The number of nitrogens with zero attached hydrogens (tertiary/aromatic N) is 1. The molecule has 1 heterocycles. The highest BCUT2D eigenvalue weighted by atomic mass is 35.5. The lowest BCUT2D eigenvalue weighted by atomic mass is 10.1. The third kappa shape index (κ3) is 3.33. The standard InChI is InChI=1S/C12H8Cl2N2O3/c13-7-2-1-6(8(14)4-7)3-10-15-9(12(18)19)5-11(17)16-10/h1-2,4-5H,3H2,(H,18,19)(H,15,16,17). The molecule has 2 N–H and O–H groups in total. The van der Waals surface area contributed by atoms with Gasteiger partial charge in [0, 0.05) is 22.5 Å². The first-order valence-corrected chi connectivity index (χ1v) is 5.99. The zero-order valence-corrected chi connectivity index (χ0v) is 11.0. The summed E-state index contributed by atoms with van der Waals surface area (Å²) in [7, 11) is 0. The van der Waals surface area contributed by atoms with E-state index in [2.05, 4.69) is 9.97 Å². The van der Waals surface area contributed by atoms with Crippen LogP contribution in [0.2, 0.25) is 10.0 Å². The molecule has 0 amide bonds. The van der Waals surface area contributed by atoms with Crippen LogP contribution in [0.4, 0.5) is 0 Å². The molecule has 0 saturated carbocycles. The van der Waals surface area contributed by atoms with Gasteiger partial charge < -0.3 is 10.1 Å². The van der Waals surface area contributed by atoms with Crippen molar-refractivity contribution in [3.63, 3.8) is 0 Å². The van der Waals surface area contributed by atoms with Crippen LogP contribution < -0.4 is 5.56 Å². The third-order valence-corrected chi connectivity index (χ3v) is 2.97. The van der Waals surface area contributed by atoms with Crippen LogP contribution in [-0.4, -0.2) is 21.0 Å². The van der Waals surface area contributed by atoms with Gasteiger partial charge in [0.1, 0.15) is 5.82 Å². The number of hydrogen-bond donors (Lipinski definition) is 2. The van der Waals surface area contributed by atoms with Gasteiger partial charge in [-0.15, -0.1) is 0 Å². The van der Waals surface area contributed by atoms with E-state index in [0.717, 1.165) is 6.07 Å². The Kier molecular flexibility index (Phi) is 3.87. The van der Waals surface area contributed by atoms with Crippen molar-refractivity contribution in [2.45, 2.75) is 6.42 Å². The number of hydrogen-bond acceptors (Lipinski definition) is 3. The number of carboxylic acids is 1. The molecule has 5 nitrogen and oxygen atoms in total. The second kappa shape index (κ2) is 5.42. The summed E-state index contributed by atoms with van der Waals surface area (Å²) in [5, 5.41) is 9.75. The molecular weight excluding hydrogens is 291 g/mol. The van der Waals surface area contributed by atoms with Gasteiger partial charge in [-0.25, -0.2) is 9.78 Å². The SMILES string of the molecule is O=C(O)c1cc(=O)[nH]c(Cc2ccc(Cl)cc2Cl)n1. The van der Waals surface area contributed by atoms with Gasteiger partial charge in [-0.1, -0.05) is 29.3 Å². The number of benzene rings is 1. The molecule has 0 aliphatic heterocycles. The average Bonchev–Trinajstić information content (AvgIpc) is 2.32. The molecule has 2 rings (SSSR count). The lowest BCUT2D eigenvalue weighted by Gasteiger charge is -2.05. The highest BCUT2D eigenvalue weighted by molar-refractivity contribution is 6.35. The van der Waals surface area contributed by atoms with E-state index < -0.39 is 11.5 Å². The first kappa shape index (κ1) is 13.6. The van der Waals surface area contributed by atoms with Gasteiger partial charge >= 0.3 is 5.97 Å². The Labute approximate surface area is 117 Å². The van der Waals surface area contributed by atoms with Crippen LogP contribution in [0.25, 0.3) is 0 Å². The maximum Gasteiger partial charge on any atom is 0.354 e. The summed E-state index contributed by atoms with van der Waals surface area (Å²) in [4.78, 5) is 28.5. The summed E-state index contributed by atoms with van der Waals surface area (Å²) in [6, 6.07) is 5.84. The van der Waals surface area contributed by atoms with Crippen LogP contribution in [0.15, 0.2) is 29.1 Å². The number of nitrogens with one attached hydrogen (secondary N) is 1. The van der Waals surface area contributed by atoms with Crippen molar-refractivity contribution in [1.82, 2.24) is 9.97 Å². The van der Waals surface area contributed by atoms with E-state index in [0.29, 0.717) is 15.6 Å². The summed E-state index contributed by atoms with van der Waals surface area (Å²) < 4.78 is 0. The third-order valence-electron chi connectivity index (χ3n) is 2.38. The van der Waals surface area contributed by atoms with Crippen LogP contribution in [-0.2, 0) is 6.42 Å². The molecule has 1 aromatic heterocycles. The quantitative estimate of drug-likeness (QED) is 0.911. The molecule has 0 atom stereocenters. The van der Waals surface area contributed by atoms with Crippen LogP contribution >= 0.6 is 23.2 Å². The fraction of sp³-hybridized carbons (Fsp3) is 0.0833. The van der Waals surface area contributed by atoms with Gasteiger partial charge in [0.25, 0.3) is 5.56 Å². The second-order valence-corrected chi connectivity index (χ2v) is 4.64. The molecule has 0 unspecified atom stereocenters. The zero-order valence-electron chi connectivity index (χ0n) is 9.48. The van der Waals surface area contributed by atoms with E-state index in [4.69, 9.17) is 28.3 Å². The van der Waals surface area contributed by atoms with Crippen molar-refractivity contribution in [3.8, 4) is 0 Å². The van der Waals surface area contributed by atoms with Gasteiger partial charge in [-0.3, -0.25) is 4.79 Å². The molecule has 0 aliphatic carbocycles. The molecule has 98 valence electrons. The Bertz CT molecular complexity index is 698. The Morgan fingerprint density at radius 2 is 2.05 bits per heavy atom. The molecule has 0 radical (unpaired) electrons. The summed E-state index contributed by atoms with van der Waals surface area (Å²) in [5.41, 5.74) is -0.131. The van der Waals surface area contributed by atoms with Crippen molar-refractivity contribution >= 4 is 29.2 Å². The van der Waals surface area contributed by atoms with Crippen molar-refractivity contribution < 1.29 is 9.90 Å². The molecule has 2 aromatic rings. The van der Waals surface area contributed by atoms with Crippen molar-refractivity contribution in [3.05, 3.63) is 61.7 Å². The molecule has 0 fully saturated rings. The fourth-order valence-corrected chi connectivity index (χ4v) is 2.02. The van der Waals surface area contributed by atoms with Gasteiger partial charge in [-0.05, 0) is 17.7 Å². The van der Waals surface area contributed by atoms with Crippen LogP contribution in [0.1, 0.15) is 21.9 Å². The monoisotopic (exact) mass is 298 g/mol. The van der Waals surface area contributed by atoms with Crippen LogP contribution in [0.3, 0.4) is 0 Å². The van der Waals surface area contributed by atoms with Crippen molar-refractivity contribution in [2.24, 2.45) is 0 Å². The number of halogens is 2. The van der Waals surface area contributed by atoms with Crippen molar-refractivity contribution in [1.29, 1.82) is 0 Å². The minimum Gasteiger partial charge on any atom is -0.477 e. The van der Waals surface area contributed by atoms with Crippen molar-refractivity contribution in [2.75, 3.05) is 0 Å². The van der Waals surface area contributed by atoms with E-state index in [1.54, 1.807) is 18.2 Å². The molecule has 7 heteroatoms. The Balaban J connectivity index is 2.38. The maximum absolute atomic E-state index is 11.3. The smallest absolute Gasteiger partial charge is 0.354 e. The number of aromatic amines is 1. The van der Waals surface area contributed by atoms with Gasteiger partial charge in [0.05, 0.1) is 0 Å². The minimum atomic E-state index is -1.26. The molecule has 0 bridgehead atoms. The first-order valence-electron chi connectivity index (χ1n) is 5.23. The van der Waals surface area contributed by atoms with Crippen LogP contribution in [0.5, 0.6) is 0 Å². The molecule has 0 saturated heterocycles. The second-order valence-electron chi connectivity index (χ2n) is 3.79. The minimum absolute atomic E-state index is 0.215. The zero-order chi connectivity index (χ0) is 14.0. The van der Waals surface area contributed by atoms with E-state index >= 15 is 0 Å². The molecular formula is C12H8Cl2N2O3. The largest absolute Gasteiger partial charge is 0.477 e. The normalized spacial score (nSPS) is 10.4. The fourth-order valence-electron chi connectivity index (χ4n) is 1.55. The van der Waals surface area contributed by atoms with Crippen LogP contribution in [0, 0.1) is 0 Å². The van der Waals surface area contributed by atoms with E-state index in [1.165, 1.54) is 0 Å². The van der Waals surface area contributed by atoms with Gasteiger partial charge in [0.15, 0.2) is 5.69 Å². The summed E-state index contributed by atoms with van der Waals surface area (Å²) in [5.74, 6) is -1.02. The number of aromatic nitrogens is 2. The topological polar surface area (TPSA) is 83.0 Å². The van der Waals surface area contributed by atoms with Gasteiger partial charge in [-0.2, -0.15) is 0 Å². The molecule has 19 heavy (non-hydrogen) atoms. The molecule has 0 aliphatic rings. The molecule has 0 spiro atoms. The highest BCUT2D eigenvalue weighted by Crippen LogP contribution is 2.22. The Hall–Kier alpha value is -1.85. The Morgan fingerprint density at radius 1 is 1.32 bits per heavy atom. The maximum atomic E-state index is 11.3. The van der Waals surface area contributed by atoms with E-state index in [1.807, 2.05) is 0 Å². The number of rotatable bonds is 3. The lowest BCUT2D eigenvalue weighted by molar-refractivity contribution is 0.0689. The summed E-state index contributed by atoms with van der Waals surface area (Å²) in [6.07, 6.45) is 0.215. The predicted octanol–water partition coefficient (Wildman–Crippen LogP) is 2.37. The number of aromatic carboxylic acids is 1. The number of H-pyrrole nitrogens is 1. The summed E-state index contributed by atoms with van der Waals surface area (Å²) >= 11 is 11.8.